The summed E-state index contributed by atoms with van der Waals surface area (Å²) < 4.78 is 42.0. The third kappa shape index (κ3) is 4.45. The molecular formula is C13H7F3N4O. The highest BCUT2D eigenvalue weighted by Crippen LogP contribution is 2.23. The van der Waals surface area contributed by atoms with Gasteiger partial charge in [0, 0.05) is 11.8 Å². The van der Waals surface area contributed by atoms with Crippen molar-refractivity contribution >= 4 is 5.69 Å². The van der Waals surface area contributed by atoms with Crippen LogP contribution < -0.4 is 10.1 Å². The summed E-state index contributed by atoms with van der Waals surface area (Å²) >= 11 is 0. The molecule has 0 bridgehead atoms. The Balaban J connectivity index is 2.96. The Morgan fingerprint density at radius 3 is 2.33 bits per heavy atom. The largest absolute Gasteiger partial charge is 0.485 e. The maximum absolute atomic E-state index is 13.6. The summed E-state index contributed by atoms with van der Waals surface area (Å²) in [5.41, 5.74) is -0.743. The number of anilines is 1. The molecule has 0 heterocycles. The van der Waals surface area contributed by atoms with E-state index in [1.165, 1.54) is 18.2 Å². The number of nitrogens with one attached hydrogen (secondary N) is 1. The fourth-order valence-electron chi connectivity index (χ4n) is 1.28. The summed E-state index contributed by atoms with van der Waals surface area (Å²) in [6, 6.07) is 7.87. The number of hydrogen-bond donors (Lipinski definition) is 1. The van der Waals surface area contributed by atoms with Crippen molar-refractivity contribution in [2.24, 2.45) is 0 Å². The van der Waals surface area contributed by atoms with E-state index in [9.17, 15) is 13.2 Å². The summed E-state index contributed by atoms with van der Waals surface area (Å²) in [7, 11) is 0. The molecule has 0 spiro atoms. The van der Waals surface area contributed by atoms with Gasteiger partial charge in [0.2, 0.25) is 0 Å². The van der Waals surface area contributed by atoms with E-state index in [-0.39, 0.29) is 17.1 Å². The Morgan fingerprint density at radius 2 is 1.86 bits per heavy atom. The summed E-state index contributed by atoms with van der Waals surface area (Å²) in [6.07, 6.45) is -2.73. The molecule has 0 unspecified atom stereocenters. The normalized spacial score (nSPS) is 9.19. The van der Waals surface area contributed by atoms with E-state index < -0.39 is 24.4 Å². The Morgan fingerprint density at radius 1 is 1.19 bits per heavy atom. The van der Waals surface area contributed by atoms with Gasteiger partial charge in [-0.1, -0.05) is 0 Å². The van der Waals surface area contributed by atoms with Crippen molar-refractivity contribution in [3.63, 3.8) is 0 Å². The highest BCUT2D eigenvalue weighted by Gasteiger charge is 2.11. The van der Waals surface area contributed by atoms with Crippen LogP contribution in [-0.4, -0.2) is 13.0 Å². The van der Waals surface area contributed by atoms with E-state index in [1.807, 2.05) is 0 Å². The second-order valence-corrected chi connectivity index (χ2v) is 3.56. The Hall–Kier alpha value is -3.18. The molecule has 0 aliphatic heterocycles. The van der Waals surface area contributed by atoms with Crippen molar-refractivity contribution < 1.29 is 17.9 Å². The van der Waals surface area contributed by atoms with Crippen LogP contribution in [0.1, 0.15) is 0 Å². The van der Waals surface area contributed by atoms with Gasteiger partial charge in [0.15, 0.2) is 17.1 Å². The van der Waals surface area contributed by atoms with Crippen LogP contribution in [0.15, 0.2) is 29.5 Å². The Labute approximate surface area is 118 Å². The van der Waals surface area contributed by atoms with Gasteiger partial charge in [-0.05, 0) is 12.1 Å². The number of nitriles is 3. The van der Waals surface area contributed by atoms with E-state index in [0.29, 0.717) is 0 Å². The van der Waals surface area contributed by atoms with Crippen molar-refractivity contribution in [3.05, 3.63) is 35.3 Å². The molecule has 0 saturated carbocycles. The van der Waals surface area contributed by atoms with Crippen LogP contribution in [0.4, 0.5) is 18.9 Å². The molecule has 1 N–H and O–H groups in total. The number of alkyl halides is 2. The number of halogens is 3. The third-order valence-corrected chi connectivity index (χ3v) is 2.15. The predicted octanol–water partition coefficient (Wildman–Crippen LogP) is 2.71. The van der Waals surface area contributed by atoms with Gasteiger partial charge in [0.25, 0.3) is 6.43 Å². The minimum Gasteiger partial charge on any atom is -0.485 e. The topological polar surface area (TPSA) is 92.6 Å². The van der Waals surface area contributed by atoms with Gasteiger partial charge in [-0.3, -0.25) is 0 Å². The number of rotatable bonds is 5. The Kier molecular flexibility index (Phi) is 5.61. The average Bonchev–Trinajstić information content (AvgIpc) is 2.46. The first-order valence-electron chi connectivity index (χ1n) is 5.44. The fraction of sp³-hybridized carbons (Fsp3) is 0.154. The molecule has 1 aromatic rings. The highest BCUT2D eigenvalue weighted by molar-refractivity contribution is 5.59. The van der Waals surface area contributed by atoms with Crippen LogP contribution in [0.2, 0.25) is 0 Å². The number of nitrogens with zero attached hydrogens (tertiary/aromatic N) is 3. The number of hydrogen-bond acceptors (Lipinski definition) is 5. The molecule has 0 aromatic heterocycles. The maximum atomic E-state index is 13.6. The first-order chi connectivity index (χ1) is 10.0. The molecule has 5 nitrogen and oxygen atoms in total. The molecule has 0 amide bonds. The van der Waals surface area contributed by atoms with Crippen LogP contribution in [0.3, 0.4) is 0 Å². The summed E-state index contributed by atoms with van der Waals surface area (Å²) in [5, 5.41) is 28.5. The van der Waals surface area contributed by atoms with Crippen LogP contribution in [0.25, 0.3) is 0 Å². The lowest BCUT2D eigenvalue weighted by molar-refractivity contribution is 0.0799. The van der Waals surface area contributed by atoms with Crippen LogP contribution >= 0.6 is 0 Å². The number of allylic oxidation sites excluding steroid dienone is 2. The fourth-order valence-corrected chi connectivity index (χ4v) is 1.28. The molecule has 1 rings (SSSR count). The molecule has 0 radical (unpaired) electrons. The van der Waals surface area contributed by atoms with Gasteiger partial charge in [0.05, 0.1) is 0 Å². The van der Waals surface area contributed by atoms with Crippen LogP contribution in [0.5, 0.6) is 5.75 Å². The lowest BCUT2D eigenvalue weighted by Gasteiger charge is -2.09. The molecule has 8 heteroatoms. The van der Waals surface area contributed by atoms with Gasteiger partial charge in [0.1, 0.15) is 30.5 Å². The van der Waals surface area contributed by atoms with Crippen molar-refractivity contribution in [1.29, 1.82) is 15.8 Å². The molecule has 106 valence electrons. The quantitative estimate of drug-likeness (QED) is 0.842. The van der Waals surface area contributed by atoms with Crippen LogP contribution in [0, 0.1) is 39.8 Å². The lowest BCUT2D eigenvalue weighted by Crippen LogP contribution is -2.08. The monoisotopic (exact) mass is 292 g/mol. The van der Waals surface area contributed by atoms with Gasteiger partial charge in [-0.25, -0.2) is 13.2 Å². The molecule has 21 heavy (non-hydrogen) atoms. The Bertz CT molecular complexity index is 664. The van der Waals surface area contributed by atoms with Gasteiger partial charge in [-0.2, -0.15) is 15.8 Å². The highest BCUT2D eigenvalue weighted by atomic mass is 19.3. The average molecular weight is 292 g/mol. The number of benzene rings is 1. The molecule has 1 aromatic carbocycles. The summed E-state index contributed by atoms with van der Waals surface area (Å²) in [4.78, 5) is 0. The molecule has 0 aliphatic rings. The van der Waals surface area contributed by atoms with E-state index in [4.69, 9.17) is 15.8 Å². The van der Waals surface area contributed by atoms with Crippen molar-refractivity contribution in [3.8, 4) is 24.0 Å². The summed E-state index contributed by atoms with van der Waals surface area (Å²) in [6.45, 7) is -0.944. The van der Waals surface area contributed by atoms with Crippen molar-refractivity contribution in [2.75, 3.05) is 11.9 Å². The molecular weight excluding hydrogens is 285 g/mol. The zero-order chi connectivity index (χ0) is 15.8. The van der Waals surface area contributed by atoms with E-state index in [2.05, 4.69) is 10.1 Å². The standard InChI is InChI=1S/C13H7F3N4O/c14-10-3-9(1-2-12(10)21-7-13(15)16)20-11(6-19)8(4-17)5-18/h1-3,13,20H,7H2. The van der Waals surface area contributed by atoms with Gasteiger partial charge < -0.3 is 10.1 Å². The van der Waals surface area contributed by atoms with Gasteiger partial charge >= 0.3 is 0 Å². The lowest BCUT2D eigenvalue weighted by atomic mass is 10.2. The minimum atomic E-state index is -2.73. The first kappa shape index (κ1) is 15.9. The second-order valence-electron chi connectivity index (χ2n) is 3.56. The molecule has 0 aliphatic carbocycles. The second kappa shape index (κ2) is 7.42. The smallest absolute Gasteiger partial charge is 0.272 e. The van der Waals surface area contributed by atoms with E-state index in [0.717, 1.165) is 12.1 Å². The zero-order valence-electron chi connectivity index (χ0n) is 10.4. The van der Waals surface area contributed by atoms with Gasteiger partial charge in [-0.15, -0.1) is 0 Å². The zero-order valence-corrected chi connectivity index (χ0v) is 10.4. The minimum absolute atomic E-state index is 0.0662. The van der Waals surface area contributed by atoms with Crippen LogP contribution in [-0.2, 0) is 0 Å². The first-order valence-corrected chi connectivity index (χ1v) is 5.44. The molecule has 0 atom stereocenters. The van der Waals surface area contributed by atoms with Crippen molar-refractivity contribution in [1.82, 2.24) is 0 Å². The van der Waals surface area contributed by atoms with E-state index >= 15 is 0 Å². The predicted molar refractivity (Wildman–Crippen MR) is 65.4 cm³/mol. The molecule has 0 fully saturated rings. The SMILES string of the molecule is N#CC(C#N)=C(C#N)Nc1ccc(OCC(F)F)c(F)c1. The molecule has 0 saturated heterocycles. The van der Waals surface area contributed by atoms with E-state index in [1.54, 1.807) is 6.07 Å². The number of ether oxygens (including phenoxy) is 1. The third-order valence-electron chi connectivity index (χ3n) is 2.15. The summed E-state index contributed by atoms with van der Waals surface area (Å²) in [5.74, 6) is -1.29. The van der Waals surface area contributed by atoms with Crippen molar-refractivity contribution in [2.45, 2.75) is 6.43 Å². The maximum Gasteiger partial charge on any atom is 0.272 e.